The SMILES string of the molecule is CC(CO)(CO)C(=O)N1CCOCC1. The highest BCUT2D eigenvalue weighted by Crippen LogP contribution is 2.18. The van der Waals surface area contributed by atoms with E-state index in [0.717, 1.165) is 0 Å². The summed E-state index contributed by atoms with van der Waals surface area (Å²) >= 11 is 0. The molecule has 0 aromatic rings. The minimum Gasteiger partial charge on any atom is -0.395 e. The second kappa shape index (κ2) is 4.72. The van der Waals surface area contributed by atoms with Gasteiger partial charge in [0, 0.05) is 13.1 Å². The van der Waals surface area contributed by atoms with Gasteiger partial charge in [0.25, 0.3) is 0 Å². The maximum absolute atomic E-state index is 11.8. The van der Waals surface area contributed by atoms with Gasteiger partial charge in [-0.1, -0.05) is 0 Å². The van der Waals surface area contributed by atoms with Crippen molar-refractivity contribution in [3.05, 3.63) is 0 Å². The van der Waals surface area contributed by atoms with E-state index in [1.807, 2.05) is 0 Å². The minimum atomic E-state index is -1.06. The fraction of sp³-hybridized carbons (Fsp3) is 0.889. The first-order chi connectivity index (χ1) is 6.64. The maximum atomic E-state index is 11.8. The molecule has 1 fully saturated rings. The molecule has 2 N–H and O–H groups in total. The van der Waals surface area contributed by atoms with Crippen LogP contribution >= 0.6 is 0 Å². The van der Waals surface area contributed by atoms with Crippen molar-refractivity contribution in [1.29, 1.82) is 0 Å². The van der Waals surface area contributed by atoms with Gasteiger partial charge in [0.05, 0.1) is 31.8 Å². The van der Waals surface area contributed by atoms with E-state index >= 15 is 0 Å². The second-order valence-electron chi connectivity index (χ2n) is 3.78. The molecule has 14 heavy (non-hydrogen) atoms. The molecule has 1 rings (SSSR count). The highest BCUT2D eigenvalue weighted by Gasteiger charge is 2.36. The lowest BCUT2D eigenvalue weighted by Crippen LogP contribution is -2.50. The summed E-state index contributed by atoms with van der Waals surface area (Å²) in [7, 11) is 0. The van der Waals surface area contributed by atoms with Gasteiger partial charge in [-0.15, -0.1) is 0 Å². The average Bonchev–Trinajstić information content (AvgIpc) is 2.28. The van der Waals surface area contributed by atoms with Crippen LogP contribution < -0.4 is 0 Å². The molecular weight excluding hydrogens is 186 g/mol. The van der Waals surface area contributed by atoms with Gasteiger partial charge in [-0.25, -0.2) is 0 Å². The molecule has 1 aliphatic heterocycles. The summed E-state index contributed by atoms with van der Waals surface area (Å²) in [4.78, 5) is 13.5. The quantitative estimate of drug-likeness (QED) is 0.607. The zero-order valence-corrected chi connectivity index (χ0v) is 8.40. The summed E-state index contributed by atoms with van der Waals surface area (Å²) < 4.78 is 5.11. The van der Waals surface area contributed by atoms with Gasteiger partial charge in [-0.2, -0.15) is 0 Å². The molecular formula is C9H17NO4. The molecule has 0 atom stereocenters. The molecule has 0 aromatic heterocycles. The third-order valence-electron chi connectivity index (χ3n) is 2.51. The molecule has 0 radical (unpaired) electrons. The van der Waals surface area contributed by atoms with Crippen LogP contribution in [-0.4, -0.2) is 60.5 Å². The molecule has 0 saturated carbocycles. The first-order valence-electron chi connectivity index (χ1n) is 4.73. The Morgan fingerprint density at radius 1 is 1.36 bits per heavy atom. The Bertz CT molecular complexity index is 197. The number of amides is 1. The monoisotopic (exact) mass is 203 g/mol. The van der Waals surface area contributed by atoms with Gasteiger partial charge in [-0.05, 0) is 6.92 Å². The lowest BCUT2D eigenvalue weighted by atomic mass is 9.91. The summed E-state index contributed by atoms with van der Waals surface area (Å²) in [6, 6.07) is 0. The van der Waals surface area contributed by atoms with Crippen molar-refractivity contribution in [1.82, 2.24) is 4.90 Å². The third kappa shape index (κ3) is 2.23. The number of carbonyl (C=O) groups is 1. The summed E-state index contributed by atoms with van der Waals surface area (Å²) in [5.74, 6) is -0.203. The number of aliphatic hydroxyl groups is 2. The van der Waals surface area contributed by atoms with Gasteiger partial charge in [0.2, 0.25) is 5.91 Å². The minimum absolute atomic E-state index is 0.203. The molecule has 1 aliphatic rings. The highest BCUT2D eigenvalue weighted by molar-refractivity contribution is 5.82. The standard InChI is InChI=1S/C9H17NO4/c1-9(6-11,7-12)8(13)10-2-4-14-5-3-10/h11-12H,2-7H2,1H3. The van der Waals surface area contributed by atoms with E-state index in [1.165, 1.54) is 0 Å². The van der Waals surface area contributed by atoms with Crippen molar-refractivity contribution in [2.24, 2.45) is 5.41 Å². The lowest BCUT2D eigenvalue weighted by Gasteiger charge is -2.34. The van der Waals surface area contributed by atoms with Crippen LogP contribution in [0.4, 0.5) is 0 Å². The van der Waals surface area contributed by atoms with E-state index in [0.29, 0.717) is 26.3 Å². The predicted octanol–water partition coefficient (Wildman–Crippen LogP) is -1.16. The van der Waals surface area contributed by atoms with Crippen LogP contribution in [0, 0.1) is 5.41 Å². The fourth-order valence-corrected chi connectivity index (χ4v) is 1.33. The number of hydrogen-bond donors (Lipinski definition) is 2. The summed E-state index contributed by atoms with van der Waals surface area (Å²) in [6.45, 7) is 3.02. The van der Waals surface area contributed by atoms with Crippen molar-refractivity contribution >= 4 is 5.91 Å². The number of carbonyl (C=O) groups excluding carboxylic acids is 1. The van der Waals surface area contributed by atoms with Gasteiger partial charge < -0.3 is 19.8 Å². The maximum Gasteiger partial charge on any atom is 0.233 e. The van der Waals surface area contributed by atoms with Crippen molar-refractivity contribution in [3.63, 3.8) is 0 Å². The van der Waals surface area contributed by atoms with Gasteiger partial charge in [-0.3, -0.25) is 4.79 Å². The van der Waals surface area contributed by atoms with Crippen LogP contribution in [0.15, 0.2) is 0 Å². The van der Waals surface area contributed by atoms with Crippen LogP contribution in [0.3, 0.4) is 0 Å². The van der Waals surface area contributed by atoms with E-state index in [9.17, 15) is 4.79 Å². The Morgan fingerprint density at radius 3 is 2.29 bits per heavy atom. The molecule has 1 heterocycles. The van der Waals surface area contributed by atoms with Crippen molar-refractivity contribution in [2.75, 3.05) is 39.5 Å². The van der Waals surface area contributed by atoms with Crippen molar-refractivity contribution in [3.8, 4) is 0 Å². The van der Waals surface area contributed by atoms with Crippen LogP contribution in [0.25, 0.3) is 0 Å². The van der Waals surface area contributed by atoms with Gasteiger partial charge in [0.1, 0.15) is 0 Å². The van der Waals surface area contributed by atoms with Crippen LogP contribution in [-0.2, 0) is 9.53 Å². The molecule has 1 saturated heterocycles. The smallest absolute Gasteiger partial charge is 0.233 e. The predicted molar refractivity (Wildman–Crippen MR) is 49.7 cm³/mol. The fourth-order valence-electron chi connectivity index (χ4n) is 1.33. The largest absolute Gasteiger partial charge is 0.395 e. The molecule has 5 heteroatoms. The normalized spacial score (nSPS) is 18.4. The number of morpholine rings is 1. The Labute approximate surface area is 83.3 Å². The van der Waals surface area contributed by atoms with E-state index < -0.39 is 5.41 Å². The number of ether oxygens (including phenoxy) is 1. The number of nitrogens with zero attached hydrogens (tertiary/aromatic N) is 1. The Morgan fingerprint density at radius 2 is 1.86 bits per heavy atom. The van der Waals surface area contributed by atoms with Gasteiger partial charge >= 0.3 is 0 Å². The summed E-state index contributed by atoms with van der Waals surface area (Å²) in [5, 5.41) is 18.1. The van der Waals surface area contributed by atoms with Crippen molar-refractivity contribution in [2.45, 2.75) is 6.92 Å². The highest BCUT2D eigenvalue weighted by atomic mass is 16.5. The molecule has 0 bridgehead atoms. The van der Waals surface area contributed by atoms with Crippen molar-refractivity contribution < 1.29 is 19.7 Å². The molecule has 82 valence electrons. The number of hydrogen-bond acceptors (Lipinski definition) is 4. The molecule has 0 unspecified atom stereocenters. The molecule has 5 nitrogen and oxygen atoms in total. The van der Waals surface area contributed by atoms with E-state index in [2.05, 4.69) is 0 Å². The number of aliphatic hydroxyl groups excluding tert-OH is 2. The van der Waals surface area contributed by atoms with E-state index in [4.69, 9.17) is 14.9 Å². The Hall–Kier alpha value is -0.650. The Kier molecular flexibility index (Phi) is 3.86. The van der Waals surface area contributed by atoms with E-state index in [1.54, 1.807) is 11.8 Å². The van der Waals surface area contributed by atoms with Crippen LogP contribution in [0.2, 0.25) is 0 Å². The zero-order valence-electron chi connectivity index (χ0n) is 8.40. The topological polar surface area (TPSA) is 70.0 Å². The van der Waals surface area contributed by atoms with Gasteiger partial charge in [0.15, 0.2) is 0 Å². The summed E-state index contributed by atoms with van der Waals surface area (Å²) in [5.41, 5.74) is -1.06. The zero-order chi connectivity index (χ0) is 10.6. The first kappa shape index (κ1) is 11.4. The summed E-state index contributed by atoms with van der Waals surface area (Å²) in [6.07, 6.45) is 0. The lowest BCUT2D eigenvalue weighted by molar-refractivity contribution is -0.150. The number of rotatable bonds is 3. The average molecular weight is 203 g/mol. The molecule has 0 spiro atoms. The second-order valence-corrected chi connectivity index (χ2v) is 3.78. The van der Waals surface area contributed by atoms with E-state index in [-0.39, 0.29) is 19.1 Å². The van der Waals surface area contributed by atoms with Crippen LogP contribution in [0.1, 0.15) is 6.92 Å². The molecule has 0 aliphatic carbocycles. The molecule has 1 amide bonds. The molecule has 0 aromatic carbocycles. The first-order valence-corrected chi connectivity index (χ1v) is 4.73. The Balaban J connectivity index is 2.61. The van der Waals surface area contributed by atoms with Crippen LogP contribution in [0.5, 0.6) is 0 Å². The third-order valence-corrected chi connectivity index (χ3v) is 2.51.